The van der Waals surface area contributed by atoms with Gasteiger partial charge in [-0.15, -0.1) is 0 Å². The Morgan fingerprint density at radius 3 is 1.67 bits per heavy atom. The minimum Gasteiger partial charge on any atom is -0.399 e. The first-order chi connectivity index (χ1) is 17.3. The van der Waals surface area contributed by atoms with Crippen LogP contribution in [0.5, 0.6) is 0 Å². The number of rotatable bonds is 3. The maximum absolute atomic E-state index is 9.80. The minimum atomic E-state index is -0.570. The molecular weight excluding hydrogens is 441 g/mol. The number of hydrogen-bond acceptors (Lipinski definition) is 3. The van der Waals surface area contributed by atoms with Crippen molar-refractivity contribution < 1.29 is 9.31 Å². The third kappa shape index (κ3) is 3.13. The van der Waals surface area contributed by atoms with Crippen molar-refractivity contribution in [2.24, 2.45) is 0 Å². The second kappa shape index (κ2) is 7.93. The van der Waals surface area contributed by atoms with Crippen molar-refractivity contribution in [3.8, 4) is 17.2 Å². The standard InChI is InChI=1S/C32H28BNO2/c1-30(2)31(3,4)36-33(35-30)25-16-18-27-26-17-15-22(21-34)19-28(26)32(29(27)20-25,23-11-7-5-8-12-23)24-13-9-6-10-14-24/h5-20H,1-4H3. The van der Waals surface area contributed by atoms with Crippen LogP contribution in [0.3, 0.4) is 0 Å². The van der Waals surface area contributed by atoms with Crippen LogP contribution in [0.4, 0.5) is 0 Å². The first kappa shape index (κ1) is 22.8. The van der Waals surface area contributed by atoms with Crippen molar-refractivity contribution in [2.75, 3.05) is 0 Å². The molecule has 176 valence electrons. The molecule has 1 heterocycles. The quantitative estimate of drug-likeness (QED) is 0.295. The van der Waals surface area contributed by atoms with Crippen molar-refractivity contribution in [3.63, 3.8) is 0 Å². The van der Waals surface area contributed by atoms with E-state index < -0.39 is 23.7 Å². The van der Waals surface area contributed by atoms with E-state index >= 15 is 0 Å². The largest absolute Gasteiger partial charge is 0.494 e. The molecule has 0 spiro atoms. The van der Waals surface area contributed by atoms with Crippen LogP contribution in [-0.4, -0.2) is 18.3 Å². The predicted molar refractivity (Wildman–Crippen MR) is 144 cm³/mol. The van der Waals surface area contributed by atoms with Gasteiger partial charge in [-0.1, -0.05) is 84.9 Å². The fourth-order valence-electron chi connectivity index (χ4n) is 5.70. The van der Waals surface area contributed by atoms with Gasteiger partial charge in [-0.3, -0.25) is 0 Å². The molecule has 4 heteroatoms. The summed E-state index contributed by atoms with van der Waals surface area (Å²) < 4.78 is 12.9. The van der Waals surface area contributed by atoms with Gasteiger partial charge in [0.2, 0.25) is 0 Å². The molecule has 4 aromatic rings. The molecule has 1 aliphatic heterocycles. The summed E-state index contributed by atoms with van der Waals surface area (Å²) in [6, 6.07) is 36.2. The summed E-state index contributed by atoms with van der Waals surface area (Å²) in [5.74, 6) is 0. The number of nitrogens with zero attached hydrogens (tertiary/aromatic N) is 1. The van der Waals surface area contributed by atoms with Crippen molar-refractivity contribution in [1.29, 1.82) is 5.26 Å². The second-order valence-corrected chi connectivity index (χ2v) is 10.7. The fraction of sp³-hybridized carbons (Fsp3) is 0.219. The van der Waals surface area contributed by atoms with Gasteiger partial charge < -0.3 is 9.31 Å². The second-order valence-electron chi connectivity index (χ2n) is 10.7. The third-order valence-corrected chi connectivity index (χ3v) is 8.23. The molecule has 1 fully saturated rings. The van der Waals surface area contributed by atoms with Crippen molar-refractivity contribution >= 4 is 12.6 Å². The molecular formula is C32H28BNO2. The number of fused-ring (bicyclic) bond motifs is 3. The Labute approximate surface area is 213 Å². The average Bonchev–Trinajstić information content (AvgIpc) is 3.30. The Kier molecular flexibility index (Phi) is 5.02. The molecule has 0 aromatic heterocycles. The topological polar surface area (TPSA) is 42.2 Å². The van der Waals surface area contributed by atoms with Crippen LogP contribution in [0, 0.1) is 11.3 Å². The van der Waals surface area contributed by atoms with E-state index in [0.29, 0.717) is 5.56 Å². The van der Waals surface area contributed by atoms with Gasteiger partial charge in [-0.25, -0.2) is 0 Å². The Balaban J connectivity index is 1.66. The highest BCUT2D eigenvalue weighted by Crippen LogP contribution is 2.56. The lowest BCUT2D eigenvalue weighted by molar-refractivity contribution is 0.00578. The average molecular weight is 469 g/mol. The molecule has 0 atom stereocenters. The highest BCUT2D eigenvalue weighted by molar-refractivity contribution is 6.62. The predicted octanol–water partition coefficient (Wildman–Crippen LogP) is 6.22. The number of benzene rings is 4. The molecule has 4 aromatic carbocycles. The van der Waals surface area contributed by atoms with E-state index in [1.165, 1.54) is 11.1 Å². The van der Waals surface area contributed by atoms with Gasteiger partial charge in [0.05, 0.1) is 28.2 Å². The Morgan fingerprint density at radius 2 is 1.14 bits per heavy atom. The summed E-state index contributed by atoms with van der Waals surface area (Å²) in [4.78, 5) is 0. The van der Waals surface area contributed by atoms with Crippen LogP contribution in [0.15, 0.2) is 97.1 Å². The van der Waals surface area contributed by atoms with Gasteiger partial charge in [-0.05, 0) is 78.7 Å². The summed E-state index contributed by atoms with van der Waals surface area (Å²) in [6.45, 7) is 8.32. The van der Waals surface area contributed by atoms with Crippen LogP contribution in [0.1, 0.15) is 55.5 Å². The van der Waals surface area contributed by atoms with Crippen molar-refractivity contribution in [1.82, 2.24) is 0 Å². The molecule has 0 saturated carbocycles. The molecule has 2 aliphatic rings. The van der Waals surface area contributed by atoms with Gasteiger partial charge in [0.25, 0.3) is 0 Å². The molecule has 0 unspecified atom stereocenters. The summed E-state index contributed by atoms with van der Waals surface area (Å²) in [7, 11) is -0.456. The number of nitriles is 1. The highest BCUT2D eigenvalue weighted by atomic mass is 16.7. The lowest BCUT2D eigenvalue weighted by atomic mass is 9.66. The lowest BCUT2D eigenvalue weighted by Crippen LogP contribution is -2.41. The normalized spacial score (nSPS) is 18.4. The van der Waals surface area contributed by atoms with E-state index in [0.717, 1.165) is 27.7 Å². The van der Waals surface area contributed by atoms with Gasteiger partial charge in [0.15, 0.2) is 0 Å². The van der Waals surface area contributed by atoms with Crippen LogP contribution in [0.2, 0.25) is 0 Å². The summed E-state index contributed by atoms with van der Waals surface area (Å²) in [5.41, 5.74) is 7.20. The van der Waals surface area contributed by atoms with E-state index in [-0.39, 0.29) is 0 Å². The SMILES string of the molecule is CC1(C)OB(c2ccc3c(c2)C(c2ccccc2)(c2ccccc2)c2cc(C#N)ccc2-3)OC1(C)C. The molecule has 6 rings (SSSR count). The van der Waals surface area contributed by atoms with E-state index in [4.69, 9.17) is 9.31 Å². The molecule has 3 nitrogen and oxygen atoms in total. The molecule has 0 N–H and O–H groups in total. The molecule has 0 radical (unpaired) electrons. The van der Waals surface area contributed by atoms with Crippen molar-refractivity contribution in [3.05, 3.63) is 125 Å². The molecule has 1 saturated heterocycles. The van der Waals surface area contributed by atoms with E-state index in [9.17, 15) is 5.26 Å². The number of hydrogen-bond donors (Lipinski definition) is 0. The smallest absolute Gasteiger partial charge is 0.399 e. The molecule has 0 amide bonds. The van der Waals surface area contributed by atoms with Gasteiger partial charge in [0, 0.05) is 0 Å². The molecule has 1 aliphatic carbocycles. The lowest BCUT2D eigenvalue weighted by Gasteiger charge is -2.34. The van der Waals surface area contributed by atoms with Gasteiger partial charge in [0.1, 0.15) is 0 Å². The zero-order valence-electron chi connectivity index (χ0n) is 21.1. The Hall–Kier alpha value is -3.65. The van der Waals surface area contributed by atoms with Crippen LogP contribution >= 0.6 is 0 Å². The summed E-state index contributed by atoms with van der Waals surface area (Å²) >= 11 is 0. The van der Waals surface area contributed by atoms with Crippen molar-refractivity contribution in [2.45, 2.75) is 44.3 Å². The summed E-state index contributed by atoms with van der Waals surface area (Å²) in [5, 5.41) is 9.80. The van der Waals surface area contributed by atoms with Crippen LogP contribution in [-0.2, 0) is 14.7 Å². The zero-order valence-corrected chi connectivity index (χ0v) is 21.1. The monoisotopic (exact) mass is 469 g/mol. The fourth-order valence-corrected chi connectivity index (χ4v) is 5.70. The minimum absolute atomic E-state index is 0.419. The molecule has 0 bridgehead atoms. The summed E-state index contributed by atoms with van der Waals surface area (Å²) in [6.07, 6.45) is 0. The van der Waals surface area contributed by atoms with Gasteiger partial charge >= 0.3 is 7.12 Å². The maximum Gasteiger partial charge on any atom is 0.494 e. The van der Waals surface area contributed by atoms with Crippen LogP contribution in [0.25, 0.3) is 11.1 Å². The molecule has 36 heavy (non-hydrogen) atoms. The van der Waals surface area contributed by atoms with E-state index in [1.54, 1.807) is 0 Å². The van der Waals surface area contributed by atoms with E-state index in [2.05, 4.69) is 113 Å². The first-order valence-electron chi connectivity index (χ1n) is 12.4. The van der Waals surface area contributed by atoms with Crippen LogP contribution < -0.4 is 5.46 Å². The Bertz CT molecular complexity index is 1450. The van der Waals surface area contributed by atoms with E-state index in [1.807, 2.05) is 18.2 Å². The first-order valence-corrected chi connectivity index (χ1v) is 12.4. The third-order valence-electron chi connectivity index (χ3n) is 8.23. The maximum atomic E-state index is 9.80. The Morgan fingerprint density at radius 1 is 0.639 bits per heavy atom. The zero-order chi connectivity index (χ0) is 25.1. The highest BCUT2D eigenvalue weighted by Gasteiger charge is 2.53. The van der Waals surface area contributed by atoms with Gasteiger partial charge in [-0.2, -0.15) is 5.26 Å².